The maximum Gasteiger partial charge on any atom is 0.404 e. The third kappa shape index (κ3) is 5.92. The van der Waals surface area contributed by atoms with Crippen LogP contribution in [0.4, 0.5) is 10.5 Å². The molecule has 0 radical (unpaired) electrons. The molecule has 13 nitrogen and oxygen atoms in total. The van der Waals surface area contributed by atoms with E-state index in [1.807, 2.05) is 0 Å². The van der Waals surface area contributed by atoms with Crippen LogP contribution >= 0.6 is 0 Å². The van der Waals surface area contributed by atoms with Crippen LogP contribution in [0.5, 0.6) is 5.75 Å². The van der Waals surface area contributed by atoms with Crippen molar-refractivity contribution in [3.63, 3.8) is 0 Å². The van der Waals surface area contributed by atoms with Crippen molar-refractivity contribution in [1.29, 1.82) is 0 Å². The fraction of sp³-hybridized carbons (Fsp3) is 0.375. The lowest BCUT2D eigenvalue weighted by Gasteiger charge is -2.34. The molecule has 0 aliphatic heterocycles. The zero-order valence-electron chi connectivity index (χ0n) is 20.4. The highest BCUT2D eigenvalue weighted by atomic mass is 32.2. The first kappa shape index (κ1) is 27.0. The molecule has 1 saturated carbocycles. The molecule has 3 N–H and O–H groups in total. The zero-order valence-corrected chi connectivity index (χ0v) is 21.3. The molecule has 1 aliphatic rings. The van der Waals surface area contributed by atoms with E-state index >= 15 is 0 Å². The highest BCUT2D eigenvalue weighted by Crippen LogP contribution is 2.30. The Morgan fingerprint density at radius 1 is 1.24 bits per heavy atom. The molecule has 4 rings (SSSR count). The lowest BCUT2D eigenvalue weighted by Crippen LogP contribution is -2.47. The van der Waals surface area contributed by atoms with Gasteiger partial charge in [-0.15, -0.1) is 0 Å². The number of nitro groups is 1. The van der Waals surface area contributed by atoms with Gasteiger partial charge in [0.05, 0.1) is 29.3 Å². The molecule has 1 atom stereocenters. The standard InChI is InChI=1S/C24H27N5O8S/c1-37-17-10-11-18-21(12-17)28(23(30)13-25-18)14-19(15-6-8-16(9-7-15)26-24(31)32)27-38(35,36)22-5-3-2-4-20(22)29(33)34/h2-5,10-13,15-16,19,26-27H,6-9,14H2,1H3,(H,31,32). The largest absolute Gasteiger partial charge is 0.497 e. The minimum absolute atomic E-state index is 0.0768. The van der Waals surface area contributed by atoms with E-state index in [1.54, 1.807) is 18.2 Å². The van der Waals surface area contributed by atoms with Gasteiger partial charge in [-0.3, -0.25) is 14.9 Å². The second-order valence-corrected chi connectivity index (χ2v) is 10.8. The molecule has 1 heterocycles. The predicted molar refractivity (Wildman–Crippen MR) is 137 cm³/mol. The summed E-state index contributed by atoms with van der Waals surface area (Å²) in [4.78, 5) is 38.4. The highest BCUT2D eigenvalue weighted by molar-refractivity contribution is 7.89. The lowest BCUT2D eigenvalue weighted by atomic mass is 9.81. The summed E-state index contributed by atoms with van der Waals surface area (Å²) < 4.78 is 36.2. The van der Waals surface area contributed by atoms with Crippen molar-refractivity contribution in [2.24, 2.45) is 5.92 Å². The summed E-state index contributed by atoms with van der Waals surface area (Å²) >= 11 is 0. The number of aromatic nitrogens is 2. The molecule has 1 amide bonds. The molecule has 38 heavy (non-hydrogen) atoms. The minimum atomic E-state index is -4.37. The molecule has 3 aromatic rings. The number of rotatable bonds is 9. The van der Waals surface area contributed by atoms with E-state index in [9.17, 15) is 28.1 Å². The fourth-order valence-corrected chi connectivity index (χ4v) is 6.34. The van der Waals surface area contributed by atoms with Crippen LogP contribution in [-0.4, -0.2) is 53.3 Å². The van der Waals surface area contributed by atoms with Crippen molar-refractivity contribution >= 4 is 32.8 Å². The molecule has 1 unspecified atom stereocenters. The van der Waals surface area contributed by atoms with Crippen LogP contribution in [0.25, 0.3) is 11.0 Å². The number of nitro benzene ring substituents is 1. The number of methoxy groups -OCH3 is 1. The maximum atomic E-state index is 13.4. The van der Waals surface area contributed by atoms with E-state index in [-0.39, 0.29) is 18.5 Å². The van der Waals surface area contributed by atoms with Gasteiger partial charge in [0.1, 0.15) is 5.75 Å². The van der Waals surface area contributed by atoms with Crippen LogP contribution in [0.15, 0.2) is 58.4 Å². The Morgan fingerprint density at radius 3 is 2.61 bits per heavy atom. The summed E-state index contributed by atoms with van der Waals surface area (Å²) in [5.74, 6) is 0.205. The molecule has 0 bridgehead atoms. The number of ether oxygens (including phenoxy) is 1. The Labute approximate surface area is 217 Å². The maximum absolute atomic E-state index is 13.4. The number of carboxylic acid groups (broad SMARTS) is 1. The quantitative estimate of drug-likeness (QED) is 0.269. The van der Waals surface area contributed by atoms with Crippen molar-refractivity contribution in [1.82, 2.24) is 19.6 Å². The number of hydrogen-bond acceptors (Lipinski definition) is 8. The van der Waals surface area contributed by atoms with Gasteiger partial charge in [0.25, 0.3) is 11.2 Å². The van der Waals surface area contributed by atoms with E-state index in [4.69, 9.17) is 9.84 Å². The van der Waals surface area contributed by atoms with Gasteiger partial charge in [0.15, 0.2) is 4.90 Å². The average Bonchev–Trinajstić information content (AvgIpc) is 2.89. The van der Waals surface area contributed by atoms with Crippen LogP contribution in [0.2, 0.25) is 0 Å². The molecule has 1 aromatic heterocycles. The summed E-state index contributed by atoms with van der Waals surface area (Å²) in [6, 6.07) is 8.93. The summed E-state index contributed by atoms with van der Waals surface area (Å²) in [6.45, 7) is -0.0768. The first-order valence-electron chi connectivity index (χ1n) is 11.9. The lowest BCUT2D eigenvalue weighted by molar-refractivity contribution is -0.387. The van der Waals surface area contributed by atoms with Gasteiger partial charge >= 0.3 is 6.09 Å². The molecular formula is C24H27N5O8S. The number of fused-ring (bicyclic) bond motifs is 1. The van der Waals surface area contributed by atoms with E-state index in [0.29, 0.717) is 42.5 Å². The van der Waals surface area contributed by atoms with Crippen molar-refractivity contribution < 1.29 is 28.0 Å². The van der Waals surface area contributed by atoms with Crippen LogP contribution in [-0.2, 0) is 16.6 Å². The van der Waals surface area contributed by atoms with Gasteiger partial charge in [0.2, 0.25) is 10.0 Å². The molecule has 2 aromatic carbocycles. The van der Waals surface area contributed by atoms with E-state index < -0.39 is 43.2 Å². The monoisotopic (exact) mass is 545 g/mol. The number of carbonyl (C=O) groups is 1. The number of para-hydroxylation sites is 1. The molecule has 1 fully saturated rings. The molecule has 1 aliphatic carbocycles. The van der Waals surface area contributed by atoms with Gasteiger partial charge in [0, 0.05) is 30.8 Å². The molecule has 0 spiro atoms. The van der Waals surface area contributed by atoms with Gasteiger partial charge in [-0.1, -0.05) is 12.1 Å². The zero-order chi connectivity index (χ0) is 27.4. The minimum Gasteiger partial charge on any atom is -0.497 e. The Bertz CT molecular complexity index is 1520. The fourth-order valence-electron chi connectivity index (χ4n) is 4.87. The Morgan fingerprint density at radius 2 is 1.95 bits per heavy atom. The number of nitrogens with zero attached hydrogens (tertiary/aromatic N) is 3. The van der Waals surface area contributed by atoms with Gasteiger partial charge in [-0.25, -0.2) is 22.9 Å². The van der Waals surface area contributed by atoms with Crippen molar-refractivity contribution in [2.45, 2.75) is 49.2 Å². The molecular weight excluding hydrogens is 518 g/mol. The van der Waals surface area contributed by atoms with Gasteiger partial charge in [-0.2, -0.15) is 0 Å². The predicted octanol–water partition coefficient (Wildman–Crippen LogP) is 2.49. The normalized spacial score (nSPS) is 18.6. The van der Waals surface area contributed by atoms with Crippen LogP contribution in [0.3, 0.4) is 0 Å². The molecule has 0 saturated heterocycles. The molecule has 14 heteroatoms. The highest BCUT2D eigenvalue weighted by Gasteiger charge is 2.34. The smallest absolute Gasteiger partial charge is 0.404 e. The summed E-state index contributed by atoms with van der Waals surface area (Å²) in [5.41, 5.74) is -0.0840. The number of amides is 1. The third-order valence-electron chi connectivity index (χ3n) is 6.76. The van der Waals surface area contributed by atoms with Crippen LogP contribution in [0.1, 0.15) is 25.7 Å². The molecule has 202 valence electrons. The summed E-state index contributed by atoms with van der Waals surface area (Å²) in [6.07, 6.45) is 1.90. The second-order valence-electron chi connectivity index (χ2n) is 9.08. The average molecular weight is 546 g/mol. The summed E-state index contributed by atoms with van der Waals surface area (Å²) in [7, 11) is -2.89. The number of sulfonamides is 1. The van der Waals surface area contributed by atoms with Crippen molar-refractivity contribution in [2.75, 3.05) is 7.11 Å². The topological polar surface area (TPSA) is 183 Å². The van der Waals surface area contributed by atoms with Gasteiger partial charge in [-0.05, 0) is 49.8 Å². The number of hydrogen-bond donors (Lipinski definition) is 3. The number of benzene rings is 2. The van der Waals surface area contributed by atoms with E-state index in [0.717, 1.165) is 18.3 Å². The van der Waals surface area contributed by atoms with Gasteiger partial charge < -0.3 is 19.7 Å². The van der Waals surface area contributed by atoms with Crippen LogP contribution in [0, 0.1) is 16.0 Å². The van der Waals surface area contributed by atoms with E-state index in [2.05, 4.69) is 15.0 Å². The van der Waals surface area contributed by atoms with E-state index in [1.165, 1.54) is 23.8 Å². The summed E-state index contributed by atoms with van der Waals surface area (Å²) in [5, 5.41) is 23.0. The van der Waals surface area contributed by atoms with Crippen molar-refractivity contribution in [3.8, 4) is 5.75 Å². The van der Waals surface area contributed by atoms with Crippen molar-refractivity contribution in [3.05, 3.63) is 69.1 Å². The van der Waals surface area contributed by atoms with Crippen LogP contribution < -0.4 is 20.3 Å². The Hall–Kier alpha value is -4.04. The SMILES string of the molecule is COc1ccc2ncc(=O)n(CC(NS(=O)(=O)c3ccccc3[N+](=O)[O-])C3CCC(NC(=O)O)CC3)c2c1. The Kier molecular flexibility index (Phi) is 7.92. The first-order chi connectivity index (χ1) is 18.1. The third-order valence-corrected chi connectivity index (χ3v) is 8.30. The Balaban J connectivity index is 1.73. The number of nitrogens with one attached hydrogen (secondary N) is 2. The second kappa shape index (κ2) is 11.1. The first-order valence-corrected chi connectivity index (χ1v) is 13.4.